The molecule has 3 rings (SSSR count). The number of benzene rings is 1. The highest BCUT2D eigenvalue weighted by atomic mass is 15.0. The van der Waals surface area contributed by atoms with Gasteiger partial charge in [-0.2, -0.15) is 0 Å². The molecular formula is C15H18N2. The first-order chi connectivity index (χ1) is 8.24. The number of rotatable bonds is 3. The molecule has 1 atom stereocenters. The molecule has 1 aliphatic carbocycles. The van der Waals surface area contributed by atoms with E-state index in [2.05, 4.69) is 43.4 Å². The molecule has 0 amide bonds. The highest BCUT2D eigenvalue weighted by molar-refractivity contribution is 5.81. The molecule has 0 aliphatic heterocycles. The van der Waals surface area contributed by atoms with Crippen molar-refractivity contribution in [1.82, 2.24) is 4.98 Å². The molecule has 1 N–H and O–H groups in total. The standard InChI is InChI=1S/C15H18N2/c1-10-9-13-5-3-4-6-14(13)17-15(10)16-11(2)12-7-8-12/h3-6,9,11-12H,7-8H2,1-2H3,(H,16,17). The monoisotopic (exact) mass is 226 g/mol. The number of fused-ring (bicyclic) bond motifs is 1. The summed E-state index contributed by atoms with van der Waals surface area (Å²) in [6.45, 7) is 4.38. The van der Waals surface area contributed by atoms with E-state index in [0.717, 1.165) is 17.3 Å². The first-order valence-electron chi connectivity index (χ1n) is 6.37. The van der Waals surface area contributed by atoms with Gasteiger partial charge in [0.05, 0.1) is 5.52 Å². The van der Waals surface area contributed by atoms with Crippen LogP contribution in [0.15, 0.2) is 30.3 Å². The lowest BCUT2D eigenvalue weighted by molar-refractivity contribution is 0.690. The Balaban J connectivity index is 1.94. The summed E-state index contributed by atoms with van der Waals surface area (Å²) >= 11 is 0. The van der Waals surface area contributed by atoms with Crippen LogP contribution in [-0.2, 0) is 0 Å². The Hall–Kier alpha value is -1.57. The zero-order chi connectivity index (χ0) is 11.8. The van der Waals surface area contributed by atoms with Crippen LogP contribution in [0.1, 0.15) is 25.3 Å². The van der Waals surface area contributed by atoms with Gasteiger partial charge >= 0.3 is 0 Å². The fourth-order valence-electron chi connectivity index (χ4n) is 2.30. The summed E-state index contributed by atoms with van der Waals surface area (Å²) in [5.74, 6) is 1.89. The zero-order valence-corrected chi connectivity index (χ0v) is 10.4. The predicted octanol–water partition coefficient (Wildman–Crippen LogP) is 3.75. The van der Waals surface area contributed by atoms with Crippen molar-refractivity contribution < 1.29 is 0 Å². The molecule has 1 saturated carbocycles. The van der Waals surface area contributed by atoms with Gasteiger partial charge in [-0.1, -0.05) is 18.2 Å². The van der Waals surface area contributed by atoms with Crippen molar-refractivity contribution in [3.63, 3.8) is 0 Å². The molecule has 0 spiro atoms. The molecule has 1 unspecified atom stereocenters. The van der Waals surface area contributed by atoms with E-state index in [1.165, 1.54) is 23.8 Å². The Morgan fingerprint density at radius 1 is 1.29 bits per heavy atom. The van der Waals surface area contributed by atoms with Crippen molar-refractivity contribution in [2.45, 2.75) is 32.7 Å². The Bertz CT molecular complexity index is 544. The van der Waals surface area contributed by atoms with Crippen LogP contribution < -0.4 is 5.32 Å². The second kappa shape index (κ2) is 4.02. The second-order valence-electron chi connectivity index (χ2n) is 5.12. The van der Waals surface area contributed by atoms with Gasteiger partial charge in [0.15, 0.2) is 0 Å². The van der Waals surface area contributed by atoms with E-state index in [-0.39, 0.29) is 0 Å². The highest BCUT2D eigenvalue weighted by Crippen LogP contribution is 2.34. The van der Waals surface area contributed by atoms with Gasteiger partial charge in [-0.15, -0.1) is 0 Å². The average Bonchev–Trinajstić information content (AvgIpc) is 3.14. The summed E-state index contributed by atoms with van der Waals surface area (Å²) in [5, 5.41) is 4.77. The molecule has 1 aromatic heterocycles. The van der Waals surface area contributed by atoms with E-state index in [4.69, 9.17) is 4.98 Å². The quantitative estimate of drug-likeness (QED) is 0.862. The van der Waals surface area contributed by atoms with Crippen LogP contribution in [0.4, 0.5) is 5.82 Å². The fraction of sp³-hybridized carbons (Fsp3) is 0.400. The first-order valence-corrected chi connectivity index (χ1v) is 6.37. The van der Waals surface area contributed by atoms with Crippen LogP contribution in [0.25, 0.3) is 10.9 Å². The Morgan fingerprint density at radius 3 is 2.82 bits per heavy atom. The first kappa shape index (κ1) is 10.6. The number of anilines is 1. The molecule has 1 aliphatic rings. The summed E-state index contributed by atoms with van der Waals surface area (Å²) < 4.78 is 0. The third-order valence-corrected chi connectivity index (χ3v) is 3.61. The molecule has 88 valence electrons. The van der Waals surface area contributed by atoms with Crippen LogP contribution in [0.2, 0.25) is 0 Å². The zero-order valence-electron chi connectivity index (χ0n) is 10.4. The number of hydrogen-bond donors (Lipinski definition) is 1. The van der Waals surface area contributed by atoms with E-state index < -0.39 is 0 Å². The maximum atomic E-state index is 4.71. The van der Waals surface area contributed by atoms with Crippen molar-refractivity contribution in [3.8, 4) is 0 Å². The molecular weight excluding hydrogens is 208 g/mol. The van der Waals surface area contributed by atoms with E-state index in [1.807, 2.05) is 6.07 Å². The van der Waals surface area contributed by atoms with Crippen molar-refractivity contribution in [1.29, 1.82) is 0 Å². The summed E-state index contributed by atoms with van der Waals surface area (Å²) in [4.78, 5) is 4.71. The lowest BCUT2D eigenvalue weighted by Gasteiger charge is -2.16. The minimum Gasteiger partial charge on any atom is -0.367 e. The van der Waals surface area contributed by atoms with E-state index in [9.17, 15) is 0 Å². The number of nitrogens with zero attached hydrogens (tertiary/aromatic N) is 1. The molecule has 1 aromatic carbocycles. The molecule has 17 heavy (non-hydrogen) atoms. The number of para-hydroxylation sites is 1. The van der Waals surface area contributed by atoms with Crippen molar-refractivity contribution in [2.75, 3.05) is 5.32 Å². The number of aromatic nitrogens is 1. The van der Waals surface area contributed by atoms with Crippen LogP contribution in [-0.4, -0.2) is 11.0 Å². The molecule has 2 aromatic rings. The number of nitrogens with one attached hydrogen (secondary N) is 1. The van der Waals surface area contributed by atoms with E-state index >= 15 is 0 Å². The summed E-state index contributed by atoms with van der Waals surface area (Å²) in [5.41, 5.74) is 2.31. The molecule has 2 nitrogen and oxygen atoms in total. The van der Waals surface area contributed by atoms with E-state index in [1.54, 1.807) is 0 Å². The minimum atomic E-state index is 0.544. The number of pyridine rings is 1. The summed E-state index contributed by atoms with van der Waals surface area (Å²) in [6, 6.07) is 11.0. The molecule has 0 bridgehead atoms. The smallest absolute Gasteiger partial charge is 0.129 e. The second-order valence-corrected chi connectivity index (χ2v) is 5.12. The van der Waals surface area contributed by atoms with Crippen LogP contribution >= 0.6 is 0 Å². The predicted molar refractivity (Wildman–Crippen MR) is 72.3 cm³/mol. The van der Waals surface area contributed by atoms with Crippen molar-refractivity contribution in [2.24, 2.45) is 5.92 Å². The van der Waals surface area contributed by atoms with Gasteiger partial charge in [-0.05, 0) is 50.3 Å². The lowest BCUT2D eigenvalue weighted by atomic mass is 10.1. The average molecular weight is 226 g/mol. The highest BCUT2D eigenvalue weighted by Gasteiger charge is 2.28. The molecule has 2 heteroatoms. The molecule has 0 saturated heterocycles. The minimum absolute atomic E-state index is 0.544. The summed E-state index contributed by atoms with van der Waals surface area (Å²) in [6.07, 6.45) is 2.72. The van der Waals surface area contributed by atoms with Gasteiger partial charge in [-0.25, -0.2) is 4.98 Å². The van der Waals surface area contributed by atoms with Gasteiger partial charge in [0, 0.05) is 11.4 Å². The number of aryl methyl sites for hydroxylation is 1. The maximum Gasteiger partial charge on any atom is 0.129 e. The van der Waals surface area contributed by atoms with Crippen LogP contribution in [0, 0.1) is 12.8 Å². The number of hydrogen-bond acceptors (Lipinski definition) is 2. The van der Waals surface area contributed by atoms with Gasteiger partial charge in [0.25, 0.3) is 0 Å². The third kappa shape index (κ3) is 2.12. The van der Waals surface area contributed by atoms with Gasteiger partial charge < -0.3 is 5.32 Å². The molecule has 1 fully saturated rings. The van der Waals surface area contributed by atoms with Crippen molar-refractivity contribution >= 4 is 16.7 Å². The summed E-state index contributed by atoms with van der Waals surface area (Å²) in [7, 11) is 0. The van der Waals surface area contributed by atoms with E-state index in [0.29, 0.717) is 6.04 Å². The fourth-order valence-corrected chi connectivity index (χ4v) is 2.30. The molecule has 0 radical (unpaired) electrons. The van der Waals surface area contributed by atoms with Crippen molar-refractivity contribution in [3.05, 3.63) is 35.9 Å². The Labute approximate surface area is 102 Å². The van der Waals surface area contributed by atoms with Gasteiger partial charge in [0.1, 0.15) is 5.82 Å². The Morgan fingerprint density at radius 2 is 2.06 bits per heavy atom. The lowest BCUT2D eigenvalue weighted by Crippen LogP contribution is -2.18. The third-order valence-electron chi connectivity index (χ3n) is 3.61. The van der Waals surface area contributed by atoms with Crippen LogP contribution in [0.3, 0.4) is 0 Å². The van der Waals surface area contributed by atoms with Gasteiger partial charge in [0.2, 0.25) is 0 Å². The topological polar surface area (TPSA) is 24.9 Å². The maximum absolute atomic E-state index is 4.71. The Kier molecular flexibility index (Phi) is 2.50. The normalized spacial score (nSPS) is 17.1. The SMILES string of the molecule is Cc1cc2ccccc2nc1NC(C)C1CC1. The largest absolute Gasteiger partial charge is 0.367 e. The molecule has 1 heterocycles. The van der Waals surface area contributed by atoms with Crippen LogP contribution in [0.5, 0.6) is 0 Å². The van der Waals surface area contributed by atoms with Gasteiger partial charge in [-0.3, -0.25) is 0 Å².